The first kappa shape index (κ1) is 20.0. The van der Waals surface area contributed by atoms with Gasteiger partial charge in [-0.05, 0) is 24.1 Å². The fraction of sp³-hybridized carbons (Fsp3) is 0.529. The molecule has 0 fully saturated rings. The average molecular weight is 344 g/mol. The van der Waals surface area contributed by atoms with E-state index in [4.69, 9.17) is 0 Å². The number of hydrogen-bond donors (Lipinski definition) is 2. The second kappa shape index (κ2) is 8.17. The van der Waals surface area contributed by atoms with Crippen LogP contribution in [-0.4, -0.2) is 18.4 Å². The summed E-state index contributed by atoms with van der Waals surface area (Å²) in [5, 5.41) is 5.39. The molecule has 0 aliphatic rings. The standard InChI is InChI=1S/C17H23F3N2O2/c1-16(2,3)15(24)21-10-4-5-14(23)22-11-12-6-8-13(9-7-12)17(18,19)20/h6-9H,4-5,10-11H2,1-3H3,(H,21,24)(H,22,23). The Bertz CT molecular complexity index is 561. The van der Waals surface area contributed by atoms with E-state index < -0.39 is 17.2 Å². The summed E-state index contributed by atoms with van der Waals surface area (Å²) in [4.78, 5) is 23.3. The molecule has 0 radical (unpaired) electrons. The van der Waals surface area contributed by atoms with Crippen LogP contribution in [0, 0.1) is 5.41 Å². The highest BCUT2D eigenvalue weighted by Crippen LogP contribution is 2.29. The topological polar surface area (TPSA) is 58.2 Å². The number of nitrogens with one attached hydrogen (secondary N) is 2. The fourth-order valence-electron chi connectivity index (χ4n) is 1.82. The molecule has 0 saturated heterocycles. The number of alkyl halides is 3. The lowest BCUT2D eigenvalue weighted by Gasteiger charge is -2.17. The molecule has 7 heteroatoms. The zero-order chi connectivity index (χ0) is 18.4. The van der Waals surface area contributed by atoms with Gasteiger partial charge in [-0.3, -0.25) is 9.59 Å². The first-order chi connectivity index (χ1) is 11.0. The Kier molecular flexibility index (Phi) is 6.81. The molecule has 1 aromatic carbocycles. The third-order valence-corrected chi connectivity index (χ3v) is 3.32. The van der Waals surface area contributed by atoms with Gasteiger partial charge < -0.3 is 10.6 Å². The minimum atomic E-state index is -4.36. The summed E-state index contributed by atoms with van der Waals surface area (Å²) in [6, 6.07) is 4.66. The number of amides is 2. The Hall–Kier alpha value is -2.05. The van der Waals surface area contributed by atoms with E-state index in [9.17, 15) is 22.8 Å². The van der Waals surface area contributed by atoms with Crippen molar-refractivity contribution in [2.45, 2.75) is 46.3 Å². The molecule has 0 saturated carbocycles. The monoisotopic (exact) mass is 344 g/mol. The number of carbonyl (C=O) groups is 2. The van der Waals surface area contributed by atoms with Gasteiger partial charge in [-0.1, -0.05) is 32.9 Å². The summed E-state index contributed by atoms with van der Waals surface area (Å²) in [7, 11) is 0. The maximum Gasteiger partial charge on any atom is 0.416 e. The zero-order valence-electron chi connectivity index (χ0n) is 14.1. The number of benzene rings is 1. The van der Waals surface area contributed by atoms with Crippen molar-refractivity contribution in [3.8, 4) is 0 Å². The van der Waals surface area contributed by atoms with Gasteiger partial charge in [0.2, 0.25) is 11.8 Å². The van der Waals surface area contributed by atoms with E-state index in [0.717, 1.165) is 12.1 Å². The van der Waals surface area contributed by atoms with E-state index in [1.165, 1.54) is 12.1 Å². The molecular weight excluding hydrogens is 321 g/mol. The van der Waals surface area contributed by atoms with Crippen molar-refractivity contribution in [1.82, 2.24) is 10.6 Å². The molecule has 24 heavy (non-hydrogen) atoms. The summed E-state index contributed by atoms with van der Waals surface area (Å²) in [5.74, 6) is -0.285. The number of carbonyl (C=O) groups excluding carboxylic acids is 2. The molecule has 0 aliphatic carbocycles. The Morgan fingerprint density at radius 2 is 1.58 bits per heavy atom. The minimum Gasteiger partial charge on any atom is -0.356 e. The van der Waals surface area contributed by atoms with Gasteiger partial charge in [0.15, 0.2) is 0 Å². The first-order valence-corrected chi connectivity index (χ1v) is 7.71. The molecule has 0 bridgehead atoms. The molecule has 0 unspecified atom stereocenters. The normalized spacial score (nSPS) is 11.9. The lowest BCUT2D eigenvalue weighted by Crippen LogP contribution is -2.35. The van der Waals surface area contributed by atoms with Gasteiger partial charge in [-0.15, -0.1) is 0 Å². The van der Waals surface area contributed by atoms with E-state index >= 15 is 0 Å². The average Bonchev–Trinajstić information content (AvgIpc) is 2.47. The van der Waals surface area contributed by atoms with Crippen LogP contribution in [0.2, 0.25) is 0 Å². The van der Waals surface area contributed by atoms with E-state index in [1.54, 1.807) is 20.8 Å². The summed E-state index contributed by atoms with van der Waals surface area (Å²) >= 11 is 0. The summed E-state index contributed by atoms with van der Waals surface area (Å²) in [6.07, 6.45) is -3.62. The molecule has 0 aliphatic heterocycles. The quantitative estimate of drug-likeness (QED) is 0.778. The van der Waals surface area contributed by atoms with Crippen LogP contribution in [0.3, 0.4) is 0 Å². The summed E-state index contributed by atoms with van der Waals surface area (Å²) in [6.45, 7) is 5.99. The van der Waals surface area contributed by atoms with Crippen molar-refractivity contribution in [3.05, 3.63) is 35.4 Å². The molecule has 134 valence electrons. The van der Waals surface area contributed by atoms with E-state index in [-0.39, 0.29) is 24.8 Å². The van der Waals surface area contributed by atoms with E-state index in [0.29, 0.717) is 18.5 Å². The predicted molar refractivity (Wildman–Crippen MR) is 85.0 cm³/mol. The van der Waals surface area contributed by atoms with E-state index in [1.807, 2.05) is 0 Å². The third kappa shape index (κ3) is 7.02. The number of rotatable bonds is 6. The van der Waals surface area contributed by atoms with Crippen LogP contribution in [0.25, 0.3) is 0 Å². The molecule has 0 heterocycles. The Morgan fingerprint density at radius 1 is 1.00 bits per heavy atom. The minimum absolute atomic E-state index is 0.0762. The van der Waals surface area contributed by atoms with Gasteiger partial charge in [0.1, 0.15) is 0 Å². The Balaban J connectivity index is 2.28. The molecule has 1 aromatic rings. The zero-order valence-corrected chi connectivity index (χ0v) is 14.1. The van der Waals surface area contributed by atoms with Crippen molar-refractivity contribution in [2.24, 2.45) is 5.41 Å². The van der Waals surface area contributed by atoms with Gasteiger partial charge in [-0.25, -0.2) is 0 Å². The summed E-state index contributed by atoms with van der Waals surface area (Å²) in [5.41, 5.74) is -0.588. The molecule has 4 nitrogen and oxygen atoms in total. The van der Waals surface area contributed by atoms with Crippen LogP contribution in [0.1, 0.15) is 44.7 Å². The molecule has 2 amide bonds. The lowest BCUT2D eigenvalue weighted by atomic mass is 9.96. The highest BCUT2D eigenvalue weighted by Gasteiger charge is 2.29. The highest BCUT2D eigenvalue weighted by molar-refractivity contribution is 5.81. The van der Waals surface area contributed by atoms with Crippen LogP contribution >= 0.6 is 0 Å². The molecule has 0 aromatic heterocycles. The fourth-order valence-corrected chi connectivity index (χ4v) is 1.82. The molecular formula is C17H23F3N2O2. The summed E-state index contributed by atoms with van der Waals surface area (Å²) < 4.78 is 37.3. The maximum atomic E-state index is 12.4. The van der Waals surface area contributed by atoms with Crippen LogP contribution in [0.15, 0.2) is 24.3 Å². The van der Waals surface area contributed by atoms with Crippen LogP contribution < -0.4 is 10.6 Å². The third-order valence-electron chi connectivity index (χ3n) is 3.32. The van der Waals surface area contributed by atoms with Crippen LogP contribution in [-0.2, 0) is 22.3 Å². The molecule has 1 rings (SSSR count). The first-order valence-electron chi connectivity index (χ1n) is 7.71. The van der Waals surface area contributed by atoms with Gasteiger partial charge >= 0.3 is 6.18 Å². The molecule has 0 spiro atoms. The van der Waals surface area contributed by atoms with Crippen molar-refractivity contribution in [3.63, 3.8) is 0 Å². The van der Waals surface area contributed by atoms with Gasteiger partial charge in [0.05, 0.1) is 5.56 Å². The number of halogens is 3. The lowest BCUT2D eigenvalue weighted by molar-refractivity contribution is -0.137. The van der Waals surface area contributed by atoms with Crippen molar-refractivity contribution >= 4 is 11.8 Å². The maximum absolute atomic E-state index is 12.4. The largest absolute Gasteiger partial charge is 0.416 e. The van der Waals surface area contributed by atoms with E-state index in [2.05, 4.69) is 10.6 Å². The van der Waals surface area contributed by atoms with Crippen molar-refractivity contribution < 1.29 is 22.8 Å². The number of hydrogen-bond acceptors (Lipinski definition) is 2. The Morgan fingerprint density at radius 3 is 2.08 bits per heavy atom. The molecule has 2 N–H and O–H groups in total. The van der Waals surface area contributed by atoms with Crippen LogP contribution in [0.4, 0.5) is 13.2 Å². The van der Waals surface area contributed by atoms with Crippen molar-refractivity contribution in [2.75, 3.05) is 6.54 Å². The van der Waals surface area contributed by atoms with Gasteiger partial charge in [0, 0.05) is 24.9 Å². The van der Waals surface area contributed by atoms with Crippen molar-refractivity contribution in [1.29, 1.82) is 0 Å². The SMILES string of the molecule is CC(C)(C)C(=O)NCCCC(=O)NCc1ccc(C(F)(F)F)cc1. The predicted octanol–water partition coefficient (Wildman–Crippen LogP) is 3.26. The molecule has 0 atom stereocenters. The second-order valence-corrected chi connectivity index (χ2v) is 6.58. The van der Waals surface area contributed by atoms with Gasteiger partial charge in [-0.2, -0.15) is 13.2 Å². The van der Waals surface area contributed by atoms with Crippen LogP contribution in [0.5, 0.6) is 0 Å². The second-order valence-electron chi connectivity index (χ2n) is 6.58. The smallest absolute Gasteiger partial charge is 0.356 e. The Labute approximate surface area is 139 Å². The van der Waals surface area contributed by atoms with Gasteiger partial charge in [0.25, 0.3) is 0 Å². The highest BCUT2D eigenvalue weighted by atomic mass is 19.4.